The number of rotatable bonds is 6. The van der Waals surface area contributed by atoms with Gasteiger partial charge in [0.05, 0.1) is 4.88 Å². The Balaban J connectivity index is 1.99. The molecule has 0 unspecified atom stereocenters. The number of aryl methyl sites for hydroxylation is 1. The van der Waals surface area contributed by atoms with Gasteiger partial charge in [0.1, 0.15) is 0 Å². The molecule has 1 aromatic carbocycles. The summed E-state index contributed by atoms with van der Waals surface area (Å²) in [5, 5.41) is 17.6. The molecule has 2 N–H and O–H groups in total. The third-order valence-corrected chi connectivity index (χ3v) is 3.93. The number of benzene rings is 1. The molecule has 7 heteroatoms. The van der Waals surface area contributed by atoms with Crippen molar-refractivity contribution in [2.24, 2.45) is 0 Å². The van der Waals surface area contributed by atoms with Gasteiger partial charge in [-0.25, -0.2) is 0 Å². The van der Waals surface area contributed by atoms with Gasteiger partial charge in [-0.2, -0.15) is 0 Å². The fourth-order valence-corrected chi connectivity index (χ4v) is 2.53. The lowest BCUT2D eigenvalue weighted by molar-refractivity contribution is -0.305. The van der Waals surface area contributed by atoms with E-state index in [1.54, 1.807) is 37.3 Å². The van der Waals surface area contributed by atoms with E-state index < -0.39 is 11.9 Å². The smallest absolute Gasteiger partial charge is 0.265 e. The van der Waals surface area contributed by atoms with Crippen LogP contribution in [0.5, 0.6) is 0 Å². The maximum Gasteiger partial charge on any atom is 0.265 e. The Morgan fingerprint density at radius 1 is 1.13 bits per heavy atom. The van der Waals surface area contributed by atoms with Gasteiger partial charge < -0.3 is 20.5 Å². The minimum Gasteiger partial charge on any atom is -0.550 e. The third kappa shape index (κ3) is 4.93. The van der Waals surface area contributed by atoms with Gasteiger partial charge >= 0.3 is 0 Å². The first-order chi connectivity index (χ1) is 11.0. The number of carbonyl (C=O) groups excluding carboxylic acids is 3. The molecule has 2 amide bonds. The van der Waals surface area contributed by atoms with Crippen LogP contribution in [-0.4, -0.2) is 17.8 Å². The normalized spacial score (nSPS) is 10.1. The van der Waals surface area contributed by atoms with E-state index in [0.29, 0.717) is 16.3 Å². The summed E-state index contributed by atoms with van der Waals surface area (Å²) in [6.07, 6.45) is -0.460. The number of carbonyl (C=O) groups is 3. The minimum absolute atomic E-state index is 0.141. The summed E-state index contributed by atoms with van der Waals surface area (Å²) in [5.41, 5.74) is 1.98. The Labute approximate surface area is 137 Å². The van der Waals surface area contributed by atoms with E-state index in [4.69, 9.17) is 0 Å². The van der Waals surface area contributed by atoms with Crippen molar-refractivity contribution in [1.29, 1.82) is 0 Å². The van der Waals surface area contributed by atoms with E-state index in [1.165, 1.54) is 11.3 Å². The molecule has 2 rings (SSSR count). The zero-order chi connectivity index (χ0) is 16.8. The molecular formula is C16H15N2O4S-. The maximum absolute atomic E-state index is 12.0. The van der Waals surface area contributed by atoms with Crippen molar-refractivity contribution < 1.29 is 19.5 Å². The topological polar surface area (TPSA) is 98.3 Å². The van der Waals surface area contributed by atoms with Crippen LogP contribution in [0, 0.1) is 6.92 Å². The van der Waals surface area contributed by atoms with Crippen LogP contribution in [0.2, 0.25) is 0 Å². The highest BCUT2D eigenvalue weighted by Gasteiger charge is 2.09. The van der Waals surface area contributed by atoms with Gasteiger partial charge in [-0.1, -0.05) is 6.07 Å². The summed E-state index contributed by atoms with van der Waals surface area (Å²) >= 11 is 1.35. The van der Waals surface area contributed by atoms with Gasteiger partial charge in [-0.15, -0.1) is 11.3 Å². The Kier molecular flexibility index (Phi) is 5.48. The summed E-state index contributed by atoms with van der Waals surface area (Å²) < 4.78 is 0. The molecule has 6 nitrogen and oxygen atoms in total. The quantitative estimate of drug-likeness (QED) is 0.843. The Bertz CT molecular complexity index is 726. The van der Waals surface area contributed by atoms with Crippen LogP contribution >= 0.6 is 11.3 Å². The van der Waals surface area contributed by atoms with Crippen molar-refractivity contribution in [2.45, 2.75) is 19.8 Å². The van der Waals surface area contributed by atoms with Crippen LogP contribution in [0.15, 0.2) is 35.7 Å². The molecule has 0 saturated heterocycles. The van der Waals surface area contributed by atoms with Gasteiger partial charge in [0.25, 0.3) is 5.91 Å². The Morgan fingerprint density at radius 2 is 1.91 bits per heavy atom. The monoisotopic (exact) mass is 331 g/mol. The highest BCUT2D eigenvalue weighted by molar-refractivity contribution is 7.12. The Hall–Kier alpha value is -2.67. The average Bonchev–Trinajstić information content (AvgIpc) is 3.02. The standard InChI is InChI=1S/C16H16N2O4S/c1-10-9-11(17-14(19)6-7-15(20)21)4-5-12(10)18-16(22)13-3-2-8-23-13/h2-5,8-9H,6-7H2,1H3,(H,17,19)(H,18,22)(H,20,21)/p-1. The summed E-state index contributed by atoms with van der Waals surface area (Å²) in [5.74, 6) is -1.85. The summed E-state index contributed by atoms with van der Waals surface area (Å²) in [4.78, 5) is 34.5. The van der Waals surface area contributed by atoms with Crippen LogP contribution in [0.4, 0.5) is 11.4 Å². The summed E-state index contributed by atoms with van der Waals surface area (Å²) in [6, 6.07) is 8.59. The van der Waals surface area contributed by atoms with E-state index in [-0.39, 0.29) is 18.7 Å². The second-order valence-electron chi connectivity index (χ2n) is 4.88. The largest absolute Gasteiger partial charge is 0.550 e. The van der Waals surface area contributed by atoms with Gasteiger partial charge in [0, 0.05) is 23.8 Å². The van der Waals surface area contributed by atoms with Crippen LogP contribution in [0.25, 0.3) is 0 Å². The summed E-state index contributed by atoms with van der Waals surface area (Å²) in [6.45, 7) is 1.81. The number of amides is 2. The number of hydrogen-bond donors (Lipinski definition) is 2. The number of carboxylic acids is 1. The number of hydrogen-bond acceptors (Lipinski definition) is 5. The number of aliphatic carboxylic acids is 1. The zero-order valence-electron chi connectivity index (χ0n) is 12.4. The fraction of sp³-hybridized carbons (Fsp3) is 0.188. The van der Waals surface area contributed by atoms with Gasteiger partial charge in [0.2, 0.25) is 5.91 Å². The van der Waals surface area contributed by atoms with Crippen LogP contribution in [0.3, 0.4) is 0 Å². The van der Waals surface area contributed by atoms with Crippen molar-refractivity contribution in [3.63, 3.8) is 0 Å². The van der Waals surface area contributed by atoms with Gasteiger partial charge in [0.15, 0.2) is 0 Å². The van der Waals surface area contributed by atoms with Crippen LogP contribution < -0.4 is 15.7 Å². The predicted octanol–water partition coefficient (Wildman–Crippen LogP) is 1.78. The van der Waals surface area contributed by atoms with Crippen molar-refractivity contribution in [3.8, 4) is 0 Å². The maximum atomic E-state index is 12.0. The second-order valence-corrected chi connectivity index (χ2v) is 5.83. The van der Waals surface area contributed by atoms with E-state index >= 15 is 0 Å². The molecule has 23 heavy (non-hydrogen) atoms. The van der Waals surface area contributed by atoms with Gasteiger partial charge in [-0.3, -0.25) is 9.59 Å². The molecule has 0 spiro atoms. The molecule has 0 aliphatic heterocycles. The van der Waals surface area contributed by atoms with E-state index in [9.17, 15) is 19.5 Å². The molecule has 0 aliphatic carbocycles. The highest BCUT2D eigenvalue weighted by Crippen LogP contribution is 2.21. The van der Waals surface area contributed by atoms with Crippen molar-refractivity contribution in [1.82, 2.24) is 0 Å². The van der Waals surface area contributed by atoms with Crippen molar-refractivity contribution in [3.05, 3.63) is 46.2 Å². The molecule has 120 valence electrons. The first kappa shape index (κ1) is 16.7. The second kappa shape index (κ2) is 7.55. The van der Waals surface area contributed by atoms with E-state index in [0.717, 1.165) is 5.56 Å². The van der Waals surface area contributed by atoms with Crippen molar-refractivity contribution >= 4 is 40.5 Å². The predicted molar refractivity (Wildman–Crippen MR) is 86.3 cm³/mol. The number of anilines is 2. The fourth-order valence-electron chi connectivity index (χ4n) is 1.91. The SMILES string of the molecule is Cc1cc(NC(=O)CCC(=O)[O-])ccc1NC(=O)c1cccs1. The Morgan fingerprint density at radius 3 is 2.52 bits per heavy atom. The number of nitrogens with one attached hydrogen (secondary N) is 2. The lowest BCUT2D eigenvalue weighted by atomic mass is 10.1. The molecule has 0 saturated carbocycles. The van der Waals surface area contributed by atoms with Crippen molar-refractivity contribution in [2.75, 3.05) is 10.6 Å². The lowest BCUT2D eigenvalue weighted by Gasteiger charge is -2.11. The molecular weight excluding hydrogens is 316 g/mol. The lowest BCUT2D eigenvalue weighted by Crippen LogP contribution is -2.24. The molecule has 1 heterocycles. The minimum atomic E-state index is -1.26. The molecule has 0 aliphatic rings. The summed E-state index contributed by atoms with van der Waals surface area (Å²) in [7, 11) is 0. The first-order valence-electron chi connectivity index (χ1n) is 6.91. The molecule has 0 atom stereocenters. The van der Waals surface area contributed by atoms with Crippen LogP contribution in [-0.2, 0) is 9.59 Å². The van der Waals surface area contributed by atoms with E-state index in [1.807, 2.05) is 5.38 Å². The van der Waals surface area contributed by atoms with Crippen LogP contribution in [0.1, 0.15) is 28.1 Å². The number of carboxylic acid groups (broad SMARTS) is 1. The first-order valence-corrected chi connectivity index (χ1v) is 7.79. The average molecular weight is 331 g/mol. The third-order valence-electron chi connectivity index (χ3n) is 3.06. The van der Waals surface area contributed by atoms with E-state index in [2.05, 4.69) is 10.6 Å². The highest BCUT2D eigenvalue weighted by atomic mass is 32.1. The molecule has 0 radical (unpaired) electrons. The van der Waals surface area contributed by atoms with Gasteiger partial charge in [-0.05, 0) is 48.6 Å². The zero-order valence-corrected chi connectivity index (χ0v) is 13.2. The molecule has 0 bridgehead atoms. The molecule has 0 fully saturated rings. The molecule has 2 aromatic rings. The number of thiophene rings is 1. The molecule has 1 aromatic heterocycles.